The van der Waals surface area contributed by atoms with Crippen LogP contribution in [0, 0.1) is 11.8 Å². The molecule has 0 saturated heterocycles. The van der Waals surface area contributed by atoms with Crippen molar-refractivity contribution in [2.24, 2.45) is 11.8 Å². The molecule has 4 nitrogen and oxygen atoms in total. The summed E-state index contributed by atoms with van der Waals surface area (Å²) < 4.78 is 17.2. The van der Waals surface area contributed by atoms with Gasteiger partial charge in [-0.1, -0.05) is 71.6 Å². The number of ether oxygens (including phenoxy) is 3. The summed E-state index contributed by atoms with van der Waals surface area (Å²) in [6.07, 6.45) is 15.3. The van der Waals surface area contributed by atoms with Crippen molar-refractivity contribution in [2.75, 3.05) is 13.2 Å². The third-order valence-electron chi connectivity index (χ3n) is 7.10. The topological polar surface area (TPSA) is 44.8 Å². The van der Waals surface area contributed by atoms with Gasteiger partial charge in [0.05, 0.1) is 18.8 Å². The minimum Gasteiger partial charge on any atom is -0.494 e. The first kappa shape index (κ1) is 27.1. The molecule has 1 saturated carbocycles. The molecule has 0 aliphatic heterocycles. The standard InChI is InChI=1S/C31H44O4/c1-3-5-6-9-23-33-28-17-15-27(16-18-28)31(32)35-30-21-19-29(20-22-30)34-24-10-14-26-13-8-7-12-25(26)11-4-2/h15-22,25-26H,3-14,23-24H2,1-2H3. The Hall–Kier alpha value is -2.49. The van der Waals surface area contributed by atoms with Crippen molar-refractivity contribution >= 4 is 5.97 Å². The number of rotatable bonds is 15. The van der Waals surface area contributed by atoms with Crippen LogP contribution in [0.15, 0.2) is 48.5 Å². The molecule has 0 aromatic heterocycles. The highest BCUT2D eigenvalue weighted by molar-refractivity contribution is 5.91. The van der Waals surface area contributed by atoms with E-state index in [0.717, 1.165) is 42.8 Å². The van der Waals surface area contributed by atoms with E-state index >= 15 is 0 Å². The fourth-order valence-electron chi connectivity index (χ4n) is 5.13. The second-order valence-corrected chi connectivity index (χ2v) is 9.88. The molecule has 0 bridgehead atoms. The van der Waals surface area contributed by atoms with Gasteiger partial charge in [0.15, 0.2) is 0 Å². The molecule has 2 unspecified atom stereocenters. The van der Waals surface area contributed by atoms with Gasteiger partial charge in [-0.25, -0.2) is 4.79 Å². The molecule has 0 heterocycles. The second kappa shape index (κ2) is 15.5. The van der Waals surface area contributed by atoms with E-state index in [2.05, 4.69) is 13.8 Å². The normalized spacial score (nSPS) is 17.7. The Balaban J connectivity index is 1.36. The molecule has 192 valence electrons. The first-order valence-corrected chi connectivity index (χ1v) is 13.9. The van der Waals surface area contributed by atoms with Crippen molar-refractivity contribution in [1.82, 2.24) is 0 Å². The molecular formula is C31H44O4. The van der Waals surface area contributed by atoms with E-state index in [0.29, 0.717) is 17.9 Å². The smallest absolute Gasteiger partial charge is 0.343 e. The van der Waals surface area contributed by atoms with Crippen LogP contribution in [0.5, 0.6) is 17.2 Å². The Morgan fingerprint density at radius 3 is 1.89 bits per heavy atom. The molecular weight excluding hydrogens is 436 g/mol. The van der Waals surface area contributed by atoms with Gasteiger partial charge in [0.25, 0.3) is 0 Å². The molecule has 2 aromatic carbocycles. The number of benzene rings is 2. The molecule has 2 aromatic rings. The van der Waals surface area contributed by atoms with Crippen LogP contribution < -0.4 is 14.2 Å². The van der Waals surface area contributed by atoms with Crippen LogP contribution in [0.1, 0.15) is 101 Å². The monoisotopic (exact) mass is 480 g/mol. The lowest BCUT2D eigenvalue weighted by Gasteiger charge is -2.31. The molecule has 0 N–H and O–H groups in total. The quantitative estimate of drug-likeness (QED) is 0.145. The predicted molar refractivity (Wildman–Crippen MR) is 143 cm³/mol. The highest BCUT2D eigenvalue weighted by atomic mass is 16.5. The van der Waals surface area contributed by atoms with Crippen LogP contribution in [0.3, 0.4) is 0 Å². The van der Waals surface area contributed by atoms with Crippen molar-refractivity contribution in [3.63, 3.8) is 0 Å². The Bertz CT molecular complexity index is 841. The first-order valence-electron chi connectivity index (χ1n) is 13.9. The zero-order chi connectivity index (χ0) is 24.7. The lowest BCUT2D eigenvalue weighted by atomic mass is 9.75. The summed E-state index contributed by atoms with van der Waals surface area (Å²) in [4.78, 5) is 12.5. The van der Waals surface area contributed by atoms with Crippen LogP contribution in [0.4, 0.5) is 0 Å². The number of hydrogen-bond donors (Lipinski definition) is 0. The van der Waals surface area contributed by atoms with Crippen LogP contribution in [0.25, 0.3) is 0 Å². The number of unbranched alkanes of at least 4 members (excludes halogenated alkanes) is 3. The molecule has 2 atom stereocenters. The van der Waals surface area contributed by atoms with Gasteiger partial charge in [-0.05, 0) is 79.6 Å². The van der Waals surface area contributed by atoms with Gasteiger partial charge in [0.2, 0.25) is 0 Å². The molecule has 1 aliphatic rings. The van der Waals surface area contributed by atoms with E-state index in [1.165, 1.54) is 64.2 Å². The zero-order valence-corrected chi connectivity index (χ0v) is 21.8. The molecule has 4 heteroatoms. The van der Waals surface area contributed by atoms with Crippen LogP contribution >= 0.6 is 0 Å². The average molecular weight is 481 g/mol. The Kier molecular flexibility index (Phi) is 12.0. The maximum Gasteiger partial charge on any atom is 0.343 e. The van der Waals surface area contributed by atoms with Gasteiger partial charge in [-0.2, -0.15) is 0 Å². The lowest BCUT2D eigenvalue weighted by molar-refractivity contribution is 0.0734. The third-order valence-corrected chi connectivity index (χ3v) is 7.10. The molecule has 35 heavy (non-hydrogen) atoms. The van der Waals surface area contributed by atoms with Crippen LogP contribution in [-0.2, 0) is 0 Å². The van der Waals surface area contributed by atoms with Gasteiger partial charge < -0.3 is 14.2 Å². The van der Waals surface area contributed by atoms with E-state index in [4.69, 9.17) is 14.2 Å². The highest BCUT2D eigenvalue weighted by Gasteiger charge is 2.23. The SMILES string of the molecule is CCCCCCOc1ccc(C(=O)Oc2ccc(OCCCC3CCCCC3CCC)cc2)cc1. The Labute approximate surface area is 212 Å². The van der Waals surface area contributed by atoms with Gasteiger partial charge in [-0.15, -0.1) is 0 Å². The third kappa shape index (κ3) is 9.58. The van der Waals surface area contributed by atoms with Crippen molar-refractivity contribution in [3.8, 4) is 17.2 Å². The molecule has 0 radical (unpaired) electrons. The molecule has 1 fully saturated rings. The van der Waals surface area contributed by atoms with Crippen molar-refractivity contribution in [1.29, 1.82) is 0 Å². The van der Waals surface area contributed by atoms with Gasteiger partial charge in [0.1, 0.15) is 17.2 Å². The van der Waals surface area contributed by atoms with E-state index in [-0.39, 0.29) is 5.97 Å². The molecule has 0 amide bonds. The maximum atomic E-state index is 12.5. The highest BCUT2D eigenvalue weighted by Crippen LogP contribution is 2.36. The van der Waals surface area contributed by atoms with Crippen molar-refractivity contribution in [2.45, 2.75) is 90.9 Å². The second-order valence-electron chi connectivity index (χ2n) is 9.88. The fourth-order valence-corrected chi connectivity index (χ4v) is 5.13. The van der Waals surface area contributed by atoms with E-state index in [9.17, 15) is 4.79 Å². The molecule has 0 spiro atoms. The van der Waals surface area contributed by atoms with Crippen molar-refractivity contribution < 1.29 is 19.0 Å². The number of hydrogen-bond acceptors (Lipinski definition) is 4. The zero-order valence-electron chi connectivity index (χ0n) is 21.8. The van der Waals surface area contributed by atoms with Gasteiger partial charge >= 0.3 is 5.97 Å². The van der Waals surface area contributed by atoms with Gasteiger partial charge in [0, 0.05) is 0 Å². The predicted octanol–water partition coefficient (Wildman–Crippen LogP) is 8.63. The summed E-state index contributed by atoms with van der Waals surface area (Å²) in [5.41, 5.74) is 0.507. The maximum absolute atomic E-state index is 12.5. The van der Waals surface area contributed by atoms with E-state index in [1.54, 1.807) is 24.3 Å². The van der Waals surface area contributed by atoms with Crippen LogP contribution in [-0.4, -0.2) is 19.2 Å². The van der Waals surface area contributed by atoms with Crippen LogP contribution in [0.2, 0.25) is 0 Å². The first-order chi connectivity index (χ1) is 17.2. The number of carbonyl (C=O) groups excluding carboxylic acids is 1. The minimum absolute atomic E-state index is 0.373. The van der Waals surface area contributed by atoms with Gasteiger partial charge in [-0.3, -0.25) is 0 Å². The Morgan fingerprint density at radius 2 is 1.26 bits per heavy atom. The Morgan fingerprint density at radius 1 is 0.686 bits per heavy atom. The lowest BCUT2D eigenvalue weighted by Crippen LogP contribution is -2.20. The van der Waals surface area contributed by atoms with Crippen molar-refractivity contribution in [3.05, 3.63) is 54.1 Å². The van der Waals surface area contributed by atoms with E-state index in [1.807, 2.05) is 24.3 Å². The fraction of sp³-hybridized carbons (Fsp3) is 0.581. The summed E-state index contributed by atoms with van der Waals surface area (Å²) in [7, 11) is 0. The largest absolute Gasteiger partial charge is 0.494 e. The summed E-state index contributed by atoms with van der Waals surface area (Å²) in [5.74, 6) is 3.54. The number of esters is 1. The summed E-state index contributed by atoms with van der Waals surface area (Å²) in [5, 5.41) is 0. The minimum atomic E-state index is -0.373. The molecule has 1 aliphatic carbocycles. The summed E-state index contributed by atoms with van der Waals surface area (Å²) in [6, 6.07) is 14.5. The summed E-state index contributed by atoms with van der Waals surface area (Å²) in [6.45, 7) is 5.94. The molecule has 3 rings (SSSR count). The van der Waals surface area contributed by atoms with E-state index < -0.39 is 0 Å². The summed E-state index contributed by atoms with van der Waals surface area (Å²) >= 11 is 0. The average Bonchev–Trinajstić information content (AvgIpc) is 2.89. The number of carbonyl (C=O) groups is 1.